The summed E-state index contributed by atoms with van der Waals surface area (Å²) >= 11 is 1.51. The number of nitrogens with zero attached hydrogens (tertiary/aromatic N) is 1. The van der Waals surface area contributed by atoms with Gasteiger partial charge in [-0.15, -0.1) is 11.3 Å². The first kappa shape index (κ1) is 16.2. The Morgan fingerprint density at radius 3 is 2.57 bits per heavy atom. The molecule has 5 nitrogen and oxygen atoms in total. The summed E-state index contributed by atoms with van der Waals surface area (Å²) in [6.45, 7) is 4.73. The van der Waals surface area contributed by atoms with E-state index in [4.69, 9.17) is 4.42 Å². The first-order valence-electron chi connectivity index (χ1n) is 6.51. The average molecular weight is 329 g/mol. The zero-order chi connectivity index (χ0) is 15.8. The molecule has 0 spiro atoms. The number of aliphatic hydroxyl groups excluding tert-OH is 1. The molecule has 1 atom stereocenters. The number of thiophene rings is 1. The molecule has 0 saturated heterocycles. The van der Waals surface area contributed by atoms with Crippen molar-refractivity contribution in [1.29, 1.82) is 0 Å². The van der Waals surface area contributed by atoms with Crippen molar-refractivity contribution in [1.82, 2.24) is 4.31 Å². The summed E-state index contributed by atoms with van der Waals surface area (Å²) in [6.07, 6.45) is 0. The Hall–Kier alpha value is -1.15. The number of sulfonamides is 1. The second-order valence-electron chi connectivity index (χ2n) is 4.89. The van der Waals surface area contributed by atoms with Gasteiger partial charge < -0.3 is 9.52 Å². The largest absolute Gasteiger partial charge is 0.465 e. The molecule has 0 radical (unpaired) electrons. The van der Waals surface area contributed by atoms with Crippen molar-refractivity contribution in [2.45, 2.75) is 38.3 Å². The van der Waals surface area contributed by atoms with E-state index >= 15 is 0 Å². The Morgan fingerprint density at radius 1 is 1.38 bits per heavy atom. The molecule has 2 rings (SSSR count). The van der Waals surface area contributed by atoms with Crippen LogP contribution in [0.1, 0.15) is 34.9 Å². The minimum atomic E-state index is -3.73. The summed E-state index contributed by atoms with van der Waals surface area (Å²) in [5.74, 6) is 0.743. The van der Waals surface area contributed by atoms with E-state index in [2.05, 4.69) is 0 Å². The lowest BCUT2D eigenvalue weighted by atomic mass is 10.2. The van der Waals surface area contributed by atoms with Gasteiger partial charge in [0.25, 0.3) is 0 Å². The van der Waals surface area contributed by atoms with Crippen molar-refractivity contribution in [2.24, 2.45) is 0 Å². The molecule has 0 aliphatic carbocycles. The van der Waals surface area contributed by atoms with Gasteiger partial charge in [0, 0.05) is 17.5 Å². The van der Waals surface area contributed by atoms with Gasteiger partial charge in [0.1, 0.15) is 16.4 Å². The summed E-state index contributed by atoms with van der Waals surface area (Å²) in [7, 11) is -2.19. The van der Waals surface area contributed by atoms with Gasteiger partial charge in [-0.25, -0.2) is 8.42 Å². The maximum absolute atomic E-state index is 12.8. The maximum atomic E-state index is 12.8. The van der Waals surface area contributed by atoms with Crippen LogP contribution in [0.5, 0.6) is 0 Å². The van der Waals surface area contributed by atoms with Crippen molar-refractivity contribution < 1.29 is 17.9 Å². The SMILES string of the molecule is Cc1oc(C)c(S(=O)(=O)N(C)C(C)c2cccs2)c1CO. The molecule has 21 heavy (non-hydrogen) atoms. The molecule has 116 valence electrons. The Labute approximate surface area is 128 Å². The van der Waals surface area contributed by atoms with Crippen LogP contribution in [0, 0.1) is 13.8 Å². The Morgan fingerprint density at radius 2 is 2.05 bits per heavy atom. The van der Waals surface area contributed by atoms with Crippen LogP contribution in [-0.2, 0) is 16.6 Å². The fourth-order valence-corrected chi connectivity index (χ4v) is 4.93. The Kier molecular flexibility index (Phi) is 4.57. The van der Waals surface area contributed by atoms with Gasteiger partial charge in [-0.1, -0.05) is 6.07 Å². The number of hydrogen-bond donors (Lipinski definition) is 1. The third kappa shape index (κ3) is 2.78. The maximum Gasteiger partial charge on any atom is 0.247 e. The number of furan rings is 1. The van der Waals surface area contributed by atoms with Crippen LogP contribution in [0.4, 0.5) is 0 Å². The third-order valence-electron chi connectivity index (χ3n) is 3.62. The van der Waals surface area contributed by atoms with Crippen molar-refractivity contribution in [2.75, 3.05) is 7.05 Å². The standard InChI is InChI=1S/C14H19NO4S2/c1-9(13-6-5-7-20-13)15(4)21(17,18)14-11(3)19-10(2)12(14)8-16/h5-7,9,16H,8H2,1-4H3. The van der Waals surface area contributed by atoms with Crippen LogP contribution >= 0.6 is 11.3 Å². The molecule has 0 fully saturated rings. The highest BCUT2D eigenvalue weighted by atomic mass is 32.2. The van der Waals surface area contributed by atoms with Crippen molar-refractivity contribution >= 4 is 21.4 Å². The van der Waals surface area contributed by atoms with Crippen LogP contribution in [0.25, 0.3) is 0 Å². The average Bonchev–Trinajstić information content (AvgIpc) is 3.04. The van der Waals surface area contributed by atoms with Crippen molar-refractivity contribution in [3.63, 3.8) is 0 Å². The highest BCUT2D eigenvalue weighted by Gasteiger charge is 2.33. The first-order valence-corrected chi connectivity index (χ1v) is 8.83. The van der Waals surface area contributed by atoms with Gasteiger partial charge in [-0.3, -0.25) is 0 Å². The predicted octanol–water partition coefficient (Wildman–Crippen LogP) is 2.83. The molecule has 2 aromatic heterocycles. The molecule has 0 saturated carbocycles. The molecular weight excluding hydrogens is 310 g/mol. The zero-order valence-electron chi connectivity index (χ0n) is 12.5. The zero-order valence-corrected chi connectivity index (χ0v) is 14.1. The molecule has 2 heterocycles. The molecule has 0 aromatic carbocycles. The molecule has 2 aromatic rings. The fourth-order valence-electron chi connectivity index (χ4n) is 2.29. The van der Waals surface area contributed by atoms with E-state index in [9.17, 15) is 13.5 Å². The van der Waals surface area contributed by atoms with Crippen molar-refractivity contribution in [3.05, 3.63) is 39.5 Å². The van der Waals surface area contributed by atoms with E-state index in [1.54, 1.807) is 20.9 Å². The second kappa shape index (κ2) is 5.92. The number of aryl methyl sites for hydroxylation is 2. The summed E-state index contributed by atoms with van der Waals surface area (Å²) in [5.41, 5.74) is 0.331. The molecule has 0 bridgehead atoms. The lowest BCUT2D eigenvalue weighted by molar-refractivity contribution is 0.276. The molecule has 7 heteroatoms. The van der Waals surface area contributed by atoms with Gasteiger partial charge >= 0.3 is 0 Å². The number of hydrogen-bond acceptors (Lipinski definition) is 5. The van der Waals surface area contributed by atoms with Crippen LogP contribution in [-0.4, -0.2) is 24.9 Å². The molecule has 1 N–H and O–H groups in total. The molecule has 1 unspecified atom stereocenters. The normalized spacial score (nSPS) is 13.8. The summed E-state index contributed by atoms with van der Waals surface area (Å²) < 4.78 is 32.4. The first-order chi connectivity index (χ1) is 9.80. The van der Waals surface area contributed by atoms with Crippen LogP contribution < -0.4 is 0 Å². The van der Waals surface area contributed by atoms with E-state index in [0.29, 0.717) is 17.1 Å². The van der Waals surface area contributed by atoms with Crippen LogP contribution in [0.15, 0.2) is 26.8 Å². The summed E-state index contributed by atoms with van der Waals surface area (Å²) in [4.78, 5) is 1.04. The molecule has 0 aliphatic rings. The van der Waals surface area contributed by atoms with Gasteiger partial charge in [0.2, 0.25) is 10.0 Å². The minimum Gasteiger partial charge on any atom is -0.465 e. The van der Waals surface area contributed by atoms with Gasteiger partial charge in [0.05, 0.1) is 12.6 Å². The monoisotopic (exact) mass is 329 g/mol. The molecular formula is C14H19NO4S2. The summed E-state index contributed by atoms with van der Waals surface area (Å²) in [6, 6.07) is 3.52. The topological polar surface area (TPSA) is 70.8 Å². The number of rotatable bonds is 5. The Bertz CT molecular complexity index is 716. The fraction of sp³-hybridized carbons (Fsp3) is 0.429. The van der Waals surface area contributed by atoms with E-state index < -0.39 is 10.0 Å². The van der Waals surface area contributed by atoms with Crippen molar-refractivity contribution in [3.8, 4) is 0 Å². The van der Waals surface area contributed by atoms with E-state index in [-0.39, 0.29) is 17.5 Å². The smallest absolute Gasteiger partial charge is 0.247 e. The highest BCUT2D eigenvalue weighted by Crippen LogP contribution is 2.33. The van der Waals surface area contributed by atoms with Gasteiger partial charge in [-0.05, 0) is 32.2 Å². The quantitative estimate of drug-likeness (QED) is 0.915. The lowest BCUT2D eigenvalue weighted by Crippen LogP contribution is -2.30. The Balaban J connectivity index is 2.47. The lowest BCUT2D eigenvalue weighted by Gasteiger charge is -2.23. The molecule has 0 aliphatic heterocycles. The van der Waals surface area contributed by atoms with Gasteiger partial charge in [-0.2, -0.15) is 4.31 Å². The van der Waals surface area contributed by atoms with Crippen LogP contribution in [0.2, 0.25) is 0 Å². The minimum absolute atomic E-state index is 0.0772. The number of aliphatic hydroxyl groups is 1. The van der Waals surface area contributed by atoms with E-state index in [0.717, 1.165) is 4.88 Å². The van der Waals surface area contributed by atoms with Gasteiger partial charge in [0.15, 0.2) is 0 Å². The second-order valence-corrected chi connectivity index (χ2v) is 7.81. The van der Waals surface area contributed by atoms with E-state index in [1.165, 1.54) is 15.6 Å². The van der Waals surface area contributed by atoms with E-state index in [1.807, 2.05) is 24.4 Å². The molecule has 0 amide bonds. The van der Waals surface area contributed by atoms with Crippen LogP contribution in [0.3, 0.4) is 0 Å². The summed E-state index contributed by atoms with van der Waals surface area (Å²) in [5, 5.41) is 11.4. The highest BCUT2D eigenvalue weighted by molar-refractivity contribution is 7.89. The predicted molar refractivity (Wildman–Crippen MR) is 81.8 cm³/mol. The third-order valence-corrected chi connectivity index (χ3v) is 6.79.